The standard InChI is InChI=1S/C18H23BrFN/c19-15-3-6-17(20)13(8-15)10-18(11-21-16-4-5-16)9-12-1-2-14(18)7-12/h3,6,8,12,14,16,21H,1-2,4-5,7,9-11H2. The van der Waals surface area contributed by atoms with Crippen LogP contribution in [0.25, 0.3) is 0 Å². The Bertz CT molecular complexity index is 542. The van der Waals surface area contributed by atoms with Gasteiger partial charge in [0.1, 0.15) is 5.82 Å². The summed E-state index contributed by atoms with van der Waals surface area (Å²) in [6, 6.07) is 6.14. The Labute approximate surface area is 134 Å². The molecule has 0 amide bonds. The third kappa shape index (κ3) is 2.79. The summed E-state index contributed by atoms with van der Waals surface area (Å²) >= 11 is 3.49. The van der Waals surface area contributed by atoms with Crippen LogP contribution in [0, 0.1) is 23.1 Å². The van der Waals surface area contributed by atoms with E-state index in [1.54, 1.807) is 12.1 Å². The van der Waals surface area contributed by atoms with Crippen LogP contribution in [0.15, 0.2) is 22.7 Å². The molecule has 1 nitrogen and oxygen atoms in total. The fraction of sp³-hybridized carbons (Fsp3) is 0.667. The first-order chi connectivity index (χ1) is 10.1. The monoisotopic (exact) mass is 351 g/mol. The summed E-state index contributed by atoms with van der Waals surface area (Å²) in [5.74, 6) is 1.66. The molecule has 4 rings (SSSR count). The predicted octanol–water partition coefficient (Wildman–Crippen LogP) is 4.69. The molecule has 3 unspecified atom stereocenters. The molecule has 1 aromatic carbocycles. The zero-order valence-corrected chi connectivity index (χ0v) is 14.0. The number of fused-ring (bicyclic) bond motifs is 2. The Balaban J connectivity index is 1.58. The first-order valence-electron chi connectivity index (χ1n) is 8.32. The Kier molecular flexibility index (Phi) is 3.61. The molecule has 0 aromatic heterocycles. The molecule has 0 spiro atoms. The van der Waals surface area contributed by atoms with Crippen molar-refractivity contribution in [2.75, 3.05) is 6.54 Å². The second-order valence-electron chi connectivity index (χ2n) is 7.51. The van der Waals surface area contributed by atoms with E-state index in [1.165, 1.54) is 38.5 Å². The van der Waals surface area contributed by atoms with Crippen LogP contribution in [-0.2, 0) is 6.42 Å². The maximum atomic E-state index is 14.2. The van der Waals surface area contributed by atoms with Crippen molar-refractivity contribution >= 4 is 15.9 Å². The van der Waals surface area contributed by atoms with Crippen LogP contribution in [0.1, 0.15) is 44.1 Å². The minimum atomic E-state index is -0.0354. The van der Waals surface area contributed by atoms with Gasteiger partial charge in [0.25, 0.3) is 0 Å². The maximum Gasteiger partial charge on any atom is 0.126 e. The number of rotatable bonds is 5. The highest BCUT2D eigenvalue weighted by Crippen LogP contribution is 2.57. The summed E-state index contributed by atoms with van der Waals surface area (Å²) in [5, 5.41) is 3.74. The van der Waals surface area contributed by atoms with Crippen LogP contribution >= 0.6 is 15.9 Å². The molecular formula is C18H23BrFN. The predicted molar refractivity (Wildman–Crippen MR) is 86.7 cm³/mol. The van der Waals surface area contributed by atoms with Crippen molar-refractivity contribution in [3.05, 3.63) is 34.1 Å². The van der Waals surface area contributed by atoms with Crippen molar-refractivity contribution in [2.45, 2.75) is 51.0 Å². The van der Waals surface area contributed by atoms with Gasteiger partial charge < -0.3 is 5.32 Å². The van der Waals surface area contributed by atoms with Gasteiger partial charge in [-0.15, -0.1) is 0 Å². The lowest BCUT2D eigenvalue weighted by Crippen LogP contribution is -2.41. The van der Waals surface area contributed by atoms with Crippen LogP contribution in [0.4, 0.5) is 4.39 Å². The van der Waals surface area contributed by atoms with Gasteiger partial charge in [0.2, 0.25) is 0 Å². The highest BCUT2D eigenvalue weighted by molar-refractivity contribution is 9.10. The summed E-state index contributed by atoms with van der Waals surface area (Å²) in [4.78, 5) is 0. The van der Waals surface area contributed by atoms with E-state index in [4.69, 9.17) is 0 Å². The van der Waals surface area contributed by atoms with Crippen molar-refractivity contribution < 1.29 is 4.39 Å². The fourth-order valence-corrected chi connectivity index (χ4v) is 5.16. The zero-order valence-electron chi connectivity index (χ0n) is 12.4. The molecule has 3 heteroatoms. The van der Waals surface area contributed by atoms with Gasteiger partial charge in [-0.25, -0.2) is 4.39 Å². The van der Waals surface area contributed by atoms with E-state index in [0.29, 0.717) is 5.41 Å². The largest absolute Gasteiger partial charge is 0.313 e. The fourth-order valence-electron chi connectivity index (χ4n) is 4.75. The van der Waals surface area contributed by atoms with E-state index < -0.39 is 0 Å². The molecule has 3 fully saturated rings. The molecule has 1 aromatic rings. The minimum Gasteiger partial charge on any atom is -0.313 e. The van der Waals surface area contributed by atoms with E-state index in [0.717, 1.165) is 40.9 Å². The lowest BCUT2D eigenvalue weighted by atomic mass is 9.69. The molecule has 0 radical (unpaired) electrons. The van der Waals surface area contributed by atoms with Crippen LogP contribution in [0.2, 0.25) is 0 Å². The van der Waals surface area contributed by atoms with Crippen molar-refractivity contribution in [3.8, 4) is 0 Å². The molecule has 0 heterocycles. The second kappa shape index (κ2) is 5.34. The average molecular weight is 352 g/mol. The molecule has 3 atom stereocenters. The van der Waals surface area contributed by atoms with Gasteiger partial charge in [-0.2, -0.15) is 0 Å². The molecule has 114 valence electrons. The van der Waals surface area contributed by atoms with Crippen molar-refractivity contribution in [3.63, 3.8) is 0 Å². The molecule has 2 bridgehead atoms. The second-order valence-corrected chi connectivity index (χ2v) is 8.43. The normalized spacial score (nSPS) is 34.6. The van der Waals surface area contributed by atoms with Gasteiger partial charge in [0, 0.05) is 17.1 Å². The Morgan fingerprint density at radius 3 is 2.76 bits per heavy atom. The van der Waals surface area contributed by atoms with Gasteiger partial charge in [-0.05, 0) is 79.5 Å². The number of hydrogen-bond donors (Lipinski definition) is 1. The number of hydrogen-bond acceptors (Lipinski definition) is 1. The van der Waals surface area contributed by atoms with Crippen LogP contribution in [0.5, 0.6) is 0 Å². The van der Waals surface area contributed by atoms with Gasteiger partial charge in [-0.1, -0.05) is 22.4 Å². The summed E-state index contributed by atoms with van der Waals surface area (Å²) in [7, 11) is 0. The molecule has 21 heavy (non-hydrogen) atoms. The van der Waals surface area contributed by atoms with E-state index in [1.807, 2.05) is 6.07 Å². The Hall–Kier alpha value is -0.410. The Morgan fingerprint density at radius 2 is 2.10 bits per heavy atom. The maximum absolute atomic E-state index is 14.2. The van der Waals surface area contributed by atoms with Gasteiger partial charge >= 0.3 is 0 Å². The number of nitrogens with one attached hydrogen (secondary N) is 1. The molecule has 0 aliphatic heterocycles. The lowest BCUT2D eigenvalue weighted by molar-refractivity contribution is 0.154. The van der Waals surface area contributed by atoms with E-state index in [9.17, 15) is 4.39 Å². The number of halogens is 2. The zero-order chi connectivity index (χ0) is 14.4. The SMILES string of the molecule is Fc1ccc(Br)cc1CC1(CNC2CC2)CC2CCC1C2. The molecule has 3 aliphatic carbocycles. The van der Waals surface area contributed by atoms with Crippen LogP contribution in [-0.4, -0.2) is 12.6 Å². The van der Waals surface area contributed by atoms with Crippen LogP contribution in [0.3, 0.4) is 0 Å². The topological polar surface area (TPSA) is 12.0 Å². The van der Waals surface area contributed by atoms with E-state index in [2.05, 4.69) is 21.2 Å². The third-order valence-corrected chi connectivity index (χ3v) is 6.47. The average Bonchev–Trinajstić information content (AvgIpc) is 3.09. The van der Waals surface area contributed by atoms with Gasteiger partial charge in [0.15, 0.2) is 0 Å². The first kappa shape index (κ1) is 14.2. The quantitative estimate of drug-likeness (QED) is 0.811. The van der Waals surface area contributed by atoms with Gasteiger partial charge in [0.05, 0.1) is 0 Å². The molecule has 1 N–H and O–H groups in total. The highest BCUT2D eigenvalue weighted by atomic mass is 79.9. The molecule has 0 saturated heterocycles. The third-order valence-electron chi connectivity index (χ3n) is 5.97. The Morgan fingerprint density at radius 1 is 1.24 bits per heavy atom. The summed E-state index contributed by atoms with van der Waals surface area (Å²) in [6.07, 6.45) is 8.98. The van der Waals surface area contributed by atoms with Crippen LogP contribution < -0.4 is 5.32 Å². The number of benzene rings is 1. The minimum absolute atomic E-state index is 0.0354. The smallest absolute Gasteiger partial charge is 0.126 e. The van der Waals surface area contributed by atoms with E-state index >= 15 is 0 Å². The molecule has 3 aliphatic rings. The van der Waals surface area contributed by atoms with Crippen molar-refractivity contribution in [1.29, 1.82) is 0 Å². The molecular weight excluding hydrogens is 329 g/mol. The summed E-state index contributed by atoms with van der Waals surface area (Å²) in [5.41, 5.74) is 1.20. The first-order valence-corrected chi connectivity index (χ1v) is 9.11. The van der Waals surface area contributed by atoms with Crippen molar-refractivity contribution in [2.24, 2.45) is 17.3 Å². The summed E-state index contributed by atoms with van der Waals surface area (Å²) in [6.45, 7) is 1.09. The van der Waals surface area contributed by atoms with Gasteiger partial charge in [-0.3, -0.25) is 0 Å². The molecule has 3 saturated carbocycles. The summed E-state index contributed by atoms with van der Waals surface area (Å²) < 4.78 is 15.2. The highest BCUT2D eigenvalue weighted by Gasteiger charge is 2.51. The van der Waals surface area contributed by atoms with Crippen molar-refractivity contribution in [1.82, 2.24) is 5.32 Å². The van der Waals surface area contributed by atoms with E-state index in [-0.39, 0.29) is 5.82 Å². The lowest BCUT2D eigenvalue weighted by Gasteiger charge is -2.38.